The highest BCUT2D eigenvalue weighted by Crippen LogP contribution is 2.55. The van der Waals surface area contributed by atoms with Crippen LogP contribution >= 0.6 is 0 Å². The van der Waals surface area contributed by atoms with E-state index in [1.165, 1.54) is 24.4 Å². The average Bonchev–Trinajstić information content (AvgIpc) is 3.57. The van der Waals surface area contributed by atoms with Crippen LogP contribution in [0.5, 0.6) is 5.75 Å². The van der Waals surface area contributed by atoms with Crippen LogP contribution < -0.4 is 4.74 Å². The molecular formula is C29H29FN8O3. The van der Waals surface area contributed by atoms with Gasteiger partial charge in [0.1, 0.15) is 34.4 Å². The van der Waals surface area contributed by atoms with E-state index in [4.69, 9.17) is 4.74 Å². The zero-order valence-electron chi connectivity index (χ0n) is 22.6. The van der Waals surface area contributed by atoms with Gasteiger partial charge < -0.3 is 14.7 Å². The van der Waals surface area contributed by atoms with E-state index < -0.39 is 18.5 Å². The third-order valence-corrected chi connectivity index (χ3v) is 8.41. The maximum Gasteiger partial charge on any atom is 0.245 e. The van der Waals surface area contributed by atoms with Gasteiger partial charge in [-0.2, -0.15) is 10.4 Å². The molecule has 1 aliphatic heterocycles. The van der Waals surface area contributed by atoms with Crippen molar-refractivity contribution in [3.8, 4) is 23.1 Å². The van der Waals surface area contributed by atoms with E-state index in [0.717, 1.165) is 50.7 Å². The fourth-order valence-electron chi connectivity index (χ4n) is 6.11. The Morgan fingerprint density at radius 2 is 2.12 bits per heavy atom. The number of aromatic nitrogens is 6. The molecule has 2 aliphatic rings. The Labute approximate surface area is 235 Å². The number of ether oxygens (including phenoxy) is 1. The smallest absolute Gasteiger partial charge is 0.245 e. The number of rotatable bonds is 7. The minimum absolute atomic E-state index is 0.00823. The number of amides is 1. The number of hydrogen-bond donors (Lipinski definition) is 1. The molecule has 1 N–H and O–H groups in total. The minimum atomic E-state index is -0.896. The van der Waals surface area contributed by atoms with Gasteiger partial charge in [0.05, 0.1) is 36.4 Å². The maximum absolute atomic E-state index is 13.4. The lowest BCUT2D eigenvalue weighted by Gasteiger charge is -2.52. The van der Waals surface area contributed by atoms with Crippen molar-refractivity contribution in [1.29, 1.82) is 5.26 Å². The van der Waals surface area contributed by atoms with Crippen LogP contribution in [0.2, 0.25) is 0 Å². The highest BCUT2D eigenvalue weighted by atomic mass is 19.1. The van der Waals surface area contributed by atoms with E-state index in [1.807, 2.05) is 16.5 Å². The highest BCUT2D eigenvalue weighted by Gasteiger charge is 2.47. The predicted octanol–water partition coefficient (Wildman–Crippen LogP) is 3.55. The number of likely N-dealkylation sites (tertiary alicyclic amines) is 1. The van der Waals surface area contributed by atoms with Crippen LogP contribution in [0.1, 0.15) is 54.8 Å². The first-order chi connectivity index (χ1) is 19.8. The molecule has 1 spiro atoms. The van der Waals surface area contributed by atoms with E-state index in [-0.39, 0.29) is 17.4 Å². The number of carbonyl (C=O) groups excluding carboxylic acids is 1. The molecule has 4 aromatic heterocycles. The summed E-state index contributed by atoms with van der Waals surface area (Å²) in [4.78, 5) is 17.9. The standard InChI is InChI=1S/C29H29FN8O3/c1-3-26(40)36-8-6-29(7-9-36)11-22(12-29)38-18(2)27(34-35-38)19-10-24(28-20(13-31)14-33-37(28)16-19)41-25(17-39)23-5-4-21(30)15-32-23/h3-5,10,14-16,22,25,39H,1,6-9,11-12,17H2,2H3/t25-/m1/s1. The predicted molar refractivity (Wildman–Crippen MR) is 145 cm³/mol. The van der Waals surface area contributed by atoms with Gasteiger partial charge in [-0.25, -0.2) is 13.6 Å². The molecule has 0 bridgehead atoms. The van der Waals surface area contributed by atoms with Crippen molar-refractivity contribution in [2.45, 2.75) is 44.8 Å². The van der Waals surface area contributed by atoms with E-state index in [2.05, 4.69) is 33.0 Å². The summed E-state index contributed by atoms with van der Waals surface area (Å²) < 4.78 is 23.1. The van der Waals surface area contributed by atoms with Crippen LogP contribution in [0.15, 0.2) is 49.4 Å². The minimum Gasteiger partial charge on any atom is -0.479 e. The topological polar surface area (TPSA) is 134 Å². The summed E-state index contributed by atoms with van der Waals surface area (Å²) in [5.41, 5.74) is 3.52. The summed E-state index contributed by atoms with van der Waals surface area (Å²) in [6, 6.07) is 6.78. The molecular weight excluding hydrogens is 527 g/mol. The van der Waals surface area contributed by atoms with Crippen LogP contribution in [-0.4, -0.2) is 65.2 Å². The molecule has 2 fully saturated rings. The summed E-state index contributed by atoms with van der Waals surface area (Å²) in [5.74, 6) is -0.202. The van der Waals surface area contributed by atoms with E-state index in [1.54, 1.807) is 16.8 Å². The molecule has 1 saturated carbocycles. The van der Waals surface area contributed by atoms with Crippen LogP contribution in [0.25, 0.3) is 16.8 Å². The van der Waals surface area contributed by atoms with Gasteiger partial charge in [-0.15, -0.1) is 5.10 Å². The van der Waals surface area contributed by atoms with Crippen molar-refractivity contribution in [3.05, 3.63) is 72.2 Å². The Balaban J connectivity index is 1.27. The van der Waals surface area contributed by atoms with Gasteiger partial charge in [-0.1, -0.05) is 11.8 Å². The first kappa shape index (κ1) is 26.6. The number of piperidine rings is 1. The summed E-state index contributed by atoms with van der Waals surface area (Å²) in [7, 11) is 0. The van der Waals surface area contributed by atoms with Gasteiger partial charge in [-0.3, -0.25) is 9.78 Å². The second-order valence-electron chi connectivity index (χ2n) is 10.8. The van der Waals surface area contributed by atoms with Gasteiger partial charge in [0.25, 0.3) is 0 Å². The summed E-state index contributed by atoms with van der Waals surface area (Å²) in [6.07, 6.45) is 8.65. The molecule has 1 saturated heterocycles. The lowest BCUT2D eigenvalue weighted by atomic mass is 9.60. The molecule has 1 atom stereocenters. The number of pyridine rings is 2. The first-order valence-corrected chi connectivity index (χ1v) is 13.5. The zero-order valence-corrected chi connectivity index (χ0v) is 22.6. The molecule has 5 heterocycles. The molecule has 0 radical (unpaired) electrons. The number of carbonyl (C=O) groups is 1. The van der Waals surface area contributed by atoms with Crippen molar-refractivity contribution in [3.63, 3.8) is 0 Å². The van der Waals surface area contributed by atoms with Gasteiger partial charge in [0.2, 0.25) is 5.91 Å². The fourth-order valence-corrected chi connectivity index (χ4v) is 6.11. The number of nitriles is 1. The summed E-state index contributed by atoms with van der Waals surface area (Å²) in [6.45, 7) is 6.65. The molecule has 41 heavy (non-hydrogen) atoms. The van der Waals surface area contributed by atoms with E-state index in [9.17, 15) is 19.6 Å². The van der Waals surface area contributed by atoms with Crippen molar-refractivity contribution in [2.24, 2.45) is 5.41 Å². The largest absolute Gasteiger partial charge is 0.479 e. The van der Waals surface area contributed by atoms with Crippen LogP contribution in [0.3, 0.4) is 0 Å². The number of nitrogens with zero attached hydrogens (tertiary/aromatic N) is 8. The molecule has 4 aromatic rings. The van der Waals surface area contributed by atoms with Crippen molar-refractivity contribution < 1.29 is 19.0 Å². The fraction of sp³-hybridized carbons (Fsp3) is 0.379. The third kappa shape index (κ3) is 4.72. The molecule has 0 unspecified atom stereocenters. The quantitative estimate of drug-likeness (QED) is 0.342. The third-order valence-electron chi connectivity index (χ3n) is 8.41. The molecule has 1 aliphatic carbocycles. The summed E-state index contributed by atoms with van der Waals surface area (Å²) >= 11 is 0. The molecule has 12 heteroatoms. The van der Waals surface area contributed by atoms with Crippen LogP contribution in [0, 0.1) is 29.5 Å². The Hall–Kier alpha value is -4.63. The van der Waals surface area contributed by atoms with Gasteiger partial charge in [0, 0.05) is 24.8 Å². The molecule has 0 aromatic carbocycles. The molecule has 6 rings (SSSR count). The summed E-state index contributed by atoms with van der Waals surface area (Å²) in [5, 5.41) is 33.0. The first-order valence-electron chi connectivity index (χ1n) is 13.5. The highest BCUT2D eigenvalue weighted by molar-refractivity contribution is 5.87. The number of hydrogen-bond acceptors (Lipinski definition) is 8. The van der Waals surface area contributed by atoms with Gasteiger partial charge >= 0.3 is 0 Å². The SMILES string of the molecule is C=CC(=O)N1CCC2(CC1)CC(n1nnc(-c3cc(O[C@H](CO)c4ccc(F)cn4)c4c(C#N)cnn4c3)c1C)C2. The Morgan fingerprint density at radius 1 is 1.34 bits per heavy atom. The average molecular weight is 557 g/mol. The van der Waals surface area contributed by atoms with E-state index in [0.29, 0.717) is 33.8 Å². The van der Waals surface area contributed by atoms with Gasteiger partial charge in [-0.05, 0) is 62.3 Å². The molecule has 1 amide bonds. The number of aliphatic hydroxyl groups excluding tert-OH is 1. The lowest BCUT2D eigenvalue weighted by Crippen LogP contribution is -2.49. The van der Waals surface area contributed by atoms with Crippen molar-refractivity contribution in [2.75, 3.05) is 19.7 Å². The Bertz CT molecular complexity index is 1660. The molecule has 11 nitrogen and oxygen atoms in total. The Kier molecular flexibility index (Phi) is 6.75. The second kappa shape index (κ2) is 10.4. The maximum atomic E-state index is 13.4. The second-order valence-corrected chi connectivity index (χ2v) is 10.8. The number of aliphatic hydroxyl groups is 1. The number of fused-ring (bicyclic) bond motifs is 1. The monoisotopic (exact) mass is 556 g/mol. The molecule has 210 valence electrons. The number of halogens is 1. The lowest BCUT2D eigenvalue weighted by molar-refractivity contribution is -0.130. The Morgan fingerprint density at radius 3 is 2.78 bits per heavy atom. The van der Waals surface area contributed by atoms with E-state index >= 15 is 0 Å². The normalized spacial score (nSPS) is 17.3. The van der Waals surface area contributed by atoms with Crippen molar-refractivity contribution in [1.82, 2.24) is 34.5 Å². The zero-order chi connectivity index (χ0) is 28.7. The van der Waals surface area contributed by atoms with Gasteiger partial charge in [0.15, 0.2) is 6.10 Å². The van der Waals surface area contributed by atoms with Crippen LogP contribution in [-0.2, 0) is 4.79 Å². The van der Waals surface area contributed by atoms with Crippen molar-refractivity contribution >= 4 is 11.4 Å². The van der Waals surface area contributed by atoms with Crippen LogP contribution in [0.4, 0.5) is 4.39 Å².